The van der Waals surface area contributed by atoms with E-state index in [2.05, 4.69) is 43.5 Å². The fourth-order valence-electron chi connectivity index (χ4n) is 11.0. The van der Waals surface area contributed by atoms with Gasteiger partial charge in [0.15, 0.2) is 0 Å². The number of rotatable bonds is 67. The van der Waals surface area contributed by atoms with Gasteiger partial charge in [0.2, 0.25) is 5.91 Å². The number of likely N-dealkylation sites (N-methyl/N-ethyl adjacent to an activating group) is 1. The second-order valence-corrected chi connectivity index (χ2v) is 27.3. The first-order chi connectivity index (χ1) is 39.5. The zero-order valence-electron chi connectivity index (χ0n) is 55.0. The number of carbonyl (C=O) groups is 1. The van der Waals surface area contributed by atoms with Crippen molar-refractivity contribution in [2.45, 2.75) is 379 Å². The van der Waals surface area contributed by atoms with Crippen LogP contribution in [0.1, 0.15) is 367 Å². The number of unbranched alkanes of at least 4 members (excludes halogenated alkanes) is 50. The van der Waals surface area contributed by atoms with Crippen LogP contribution in [-0.4, -0.2) is 68.5 Å². The van der Waals surface area contributed by atoms with E-state index in [1.807, 2.05) is 27.2 Å². The lowest BCUT2D eigenvalue weighted by Crippen LogP contribution is -2.45. The van der Waals surface area contributed by atoms with Crippen LogP contribution in [0.4, 0.5) is 0 Å². The molecule has 0 heterocycles. The fraction of sp³-hybridized carbons (Fsp3) is 0.903. The van der Waals surface area contributed by atoms with E-state index in [4.69, 9.17) is 9.05 Å². The summed E-state index contributed by atoms with van der Waals surface area (Å²) in [5, 5.41) is 13.9. The number of hydrogen-bond acceptors (Lipinski definition) is 6. The number of quaternary nitrogens is 1. The fourth-order valence-corrected chi connectivity index (χ4v) is 11.7. The molecule has 0 saturated heterocycles. The summed E-state index contributed by atoms with van der Waals surface area (Å²) in [6.07, 6.45) is 84.3. The standard InChI is InChI=1S/C72H141N2O6P/c1-6-8-10-12-14-16-18-20-22-24-26-28-30-31-32-33-34-35-36-37-38-39-40-41-42-43-44-46-48-50-52-54-56-58-60-62-64-66-72(76)73-70(69-80-81(77,78)79-68-67-74(3,4)5)71(75)65-63-61-59-57-55-53-51-49-47-45-29-27-25-23-21-19-17-15-13-11-9-7-2/h24,26,55,57,63,65,70-71,75H,6-23,25,27-54,56,58-62,64,66-69H2,1-5H3,(H-,73,76,77,78)/b26-24-,57-55+,65-63+. The Labute approximate surface area is 506 Å². The molecule has 0 radical (unpaired) electrons. The quantitative estimate of drug-likeness (QED) is 0.0272. The number of phosphoric acid groups is 1. The van der Waals surface area contributed by atoms with Gasteiger partial charge in [0.1, 0.15) is 13.2 Å². The number of amides is 1. The molecule has 0 fully saturated rings. The van der Waals surface area contributed by atoms with Crippen LogP contribution in [0.5, 0.6) is 0 Å². The molecule has 480 valence electrons. The summed E-state index contributed by atoms with van der Waals surface area (Å²) in [7, 11) is 1.26. The normalized spacial score (nSPS) is 13.8. The summed E-state index contributed by atoms with van der Waals surface area (Å²) in [5.41, 5.74) is 0. The van der Waals surface area contributed by atoms with Crippen LogP contribution >= 0.6 is 7.82 Å². The predicted octanol–water partition coefficient (Wildman–Crippen LogP) is 22.2. The number of aliphatic hydroxyl groups is 1. The molecule has 0 bridgehead atoms. The highest BCUT2D eigenvalue weighted by atomic mass is 31.2. The number of carbonyl (C=O) groups excluding carboxylic acids is 1. The van der Waals surface area contributed by atoms with E-state index >= 15 is 0 Å². The first-order valence-corrected chi connectivity index (χ1v) is 37.3. The van der Waals surface area contributed by atoms with E-state index in [0.29, 0.717) is 17.4 Å². The molecule has 2 N–H and O–H groups in total. The van der Waals surface area contributed by atoms with Crippen molar-refractivity contribution in [1.82, 2.24) is 5.32 Å². The smallest absolute Gasteiger partial charge is 0.268 e. The van der Waals surface area contributed by atoms with Crippen LogP contribution in [0.2, 0.25) is 0 Å². The topological polar surface area (TPSA) is 108 Å². The highest BCUT2D eigenvalue weighted by molar-refractivity contribution is 7.45. The summed E-state index contributed by atoms with van der Waals surface area (Å²) in [5.74, 6) is -0.199. The zero-order chi connectivity index (χ0) is 59.1. The van der Waals surface area contributed by atoms with Gasteiger partial charge in [-0.25, -0.2) is 0 Å². The molecule has 0 aliphatic heterocycles. The molecule has 9 heteroatoms. The number of phosphoric ester groups is 1. The Morgan fingerprint density at radius 3 is 1.00 bits per heavy atom. The minimum Gasteiger partial charge on any atom is -0.756 e. The van der Waals surface area contributed by atoms with Gasteiger partial charge < -0.3 is 28.8 Å². The molecule has 0 aromatic carbocycles. The number of aliphatic hydroxyl groups excluding tert-OH is 1. The average molecular weight is 1160 g/mol. The minimum atomic E-state index is -4.61. The lowest BCUT2D eigenvalue weighted by molar-refractivity contribution is -0.870. The molecular formula is C72H141N2O6P. The van der Waals surface area contributed by atoms with Crippen molar-refractivity contribution in [3.05, 3.63) is 36.5 Å². The maximum absolute atomic E-state index is 13.0. The Kier molecular flexibility index (Phi) is 62.2. The van der Waals surface area contributed by atoms with E-state index in [0.717, 1.165) is 38.5 Å². The van der Waals surface area contributed by atoms with Crippen LogP contribution in [0.15, 0.2) is 36.5 Å². The third-order valence-electron chi connectivity index (χ3n) is 16.6. The lowest BCUT2D eigenvalue weighted by atomic mass is 10.0. The monoisotopic (exact) mass is 1160 g/mol. The molecule has 0 aromatic heterocycles. The Balaban J connectivity index is 3.98. The summed E-state index contributed by atoms with van der Waals surface area (Å²) in [6.45, 7) is 4.68. The lowest BCUT2D eigenvalue weighted by Gasteiger charge is -2.29. The molecule has 0 spiro atoms. The van der Waals surface area contributed by atoms with Gasteiger partial charge in [0.25, 0.3) is 7.82 Å². The molecule has 0 aromatic rings. The molecule has 0 aliphatic carbocycles. The number of allylic oxidation sites excluding steroid dienone is 5. The maximum Gasteiger partial charge on any atom is 0.268 e. The Hall–Kier alpha value is -1.28. The minimum absolute atomic E-state index is 0.00420. The van der Waals surface area contributed by atoms with Crippen molar-refractivity contribution in [1.29, 1.82) is 0 Å². The maximum atomic E-state index is 13.0. The van der Waals surface area contributed by atoms with Crippen LogP contribution in [0, 0.1) is 0 Å². The second kappa shape index (κ2) is 63.2. The molecule has 0 rings (SSSR count). The molecule has 0 saturated carbocycles. The van der Waals surface area contributed by atoms with Crippen molar-refractivity contribution in [2.24, 2.45) is 0 Å². The molecule has 0 aliphatic rings. The second-order valence-electron chi connectivity index (χ2n) is 25.9. The van der Waals surface area contributed by atoms with E-state index in [9.17, 15) is 19.4 Å². The van der Waals surface area contributed by atoms with Crippen LogP contribution in [0.25, 0.3) is 0 Å². The largest absolute Gasteiger partial charge is 0.756 e. The molecule has 3 unspecified atom stereocenters. The number of hydrogen-bond donors (Lipinski definition) is 2. The summed E-state index contributed by atoms with van der Waals surface area (Å²) in [6, 6.07) is -0.903. The van der Waals surface area contributed by atoms with Crippen molar-refractivity contribution < 1.29 is 32.9 Å². The first kappa shape index (κ1) is 79.7. The van der Waals surface area contributed by atoms with Gasteiger partial charge in [-0.3, -0.25) is 9.36 Å². The van der Waals surface area contributed by atoms with E-state index in [1.54, 1.807) is 6.08 Å². The third kappa shape index (κ3) is 66.1. The summed E-state index contributed by atoms with van der Waals surface area (Å²) in [4.78, 5) is 25.6. The number of nitrogens with one attached hydrogen (secondary N) is 1. The van der Waals surface area contributed by atoms with Gasteiger partial charge in [-0.1, -0.05) is 339 Å². The van der Waals surface area contributed by atoms with Crippen molar-refractivity contribution >= 4 is 13.7 Å². The van der Waals surface area contributed by atoms with Gasteiger partial charge in [-0.2, -0.15) is 0 Å². The molecule has 1 amide bonds. The average Bonchev–Trinajstić information content (AvgIpc) is 3.43. The number of nitrogens with zero attached hydrogens (tertiary/aromatic N) is 1. The Morgan fingerprint density at radius 1 is 0.420 bits per heavy atom. The van der Waals surface area contributed by atoms with Gasteiger partial charge in [0, 0.05) is 6.42 Å². The third-order valence-corrected chi connectivity index (χ3v) is 17.5. The Morgan fingerprint density at radius 2 is 0.691 bits per heavy atom. The van der Waals surface area contributed by atoms with Crippen molar-refractivity contribution in [3.8, 4) is 0 Å². The summed E-state index contributed by atoms with van der Waals surface area (Å²) >= 11 is 0. The van der Waals surface area contributed by atoms with Gasteiger partial charge in [-0.05, 0) is 57.8 Å². The first-order valence-electron chi connectivity index (χ1n) is 35.9. The zero-order valence-corrected chi connectivity index (χ0v) is 55.9. The van der Waals surface area contributed by atoms with Crippen LogP contribution in [-0.2, 0) is 18.4 Å². The summed E-state index contributed by atoms with van der Waals surface area (Å²) < 4.78 is 23.4. The van der Waals surface area contributed by atoms with E-state index in [1.165, 1.54) is 308 Å². The van der Waals surface area contributed by atoms with Gasteiger partial charge in [-0.15, -0.1) is 0 Å². The van der Waals surface area contributed by atoms with Gasteiger partial charge >= 0.3 is 0 Å². The molecule has 8 nitrogen and oxygen atoms in total. The SMILES string of the molecule is CCCCCCCCCC/C=C\CCCCCCCCCCCCCCCCCCCCCCCCCCCC(=O)NC(COP(=O)([O-])OCC[N+](C)(C)C)C(O)/C=C/CC/C=C/CCCCCCCCCCCCCCCCCC. The Bertz CT molecular complexity index is 1410. The van der Waals surface area contributed by atoms with E-state index in [-0.39, 0.29) is 19.1 Å². The highest BCUT2D eigenvalue weighted by Gasteiger charge is 2.23. The predicted molar refractivity (Wildman–Crippen MR) is 353 cm³/mol. The van der Waals surface area contributed by atoms with E-state index < -0.39 is 20.0 Å². The van der Waals surface area contributed by atoms with Crippen LogP contribution < -0.4 is 10.2 Å². The van der Waals surface area contributed by atoms with Crippen molar-refractivity contribution in [2.75, 3.05) is 40.9 Å². The van der Waals surface area contributed by atoms with Gasteiger partial charge in [0.05, 0.1) is 39.9 Å². The van der Waals surface area contributed by atoms with Crippen LogP contribution in [0.3, 0.4) is 0 Å². The molecule has 81 heavy (non-hydrogen) atoms. The van der Waals surface area contributed by atoms with Crippen molar-refractivity contribution in [3.63, 3.8) is 0 Å². The molecule has 3 atom stereocenters. The molecular weight excluding hydrogens is 1020 g/mol. The highest BCUT2D eigenvalue weighted by Crippen LogP contribution is 2.38.